The maximum atomic E-state index is 12.3. The highest BCUT2D eigenvalue weighted by Gasteiger charge is 2.42. The lowest BCUT2D eigenvalue weighted by Gasteiger charge is -2.31. The van der Waals surface area contributed by atoms with E-state index < -0.39 is 11.7 Å². The Morgan fingerprint density at radius 2 is 2.05 bits per heavy atom. The smallest absolute Gasteiger partial charge is 0.410 e. The van der Waals surface area contributed by atoms with Gasteiger partial charge >= 0.3 is 6.09 Å². The quantitative estimate of drug-likeness (QED) is 0.838. The summed E-state index contributed by atoms with van der Waals surface area (Å²) in [5, 5.41) is 9.94. The van der Waals surface area contributed by atoms with Crippen LogP contribution in [0.1, 0.15) is 40.5 Å². The Morgan fingerprint density at radius 1 is 1.35 bits per heavy atom. The number of hydrogen-bond donors (Lipinski definition) is 1. The monoisotopic (exact) mass is 284 g/mol. The van der Waals surface area contributed by atoms with Crippen LogP contribution in [0, 0.1) is 5.92 Å². The first kappa shape index (κ1) is 15.6. The molecule has 0 spiro atoms. The van der Waals surface area contributed by atoms with E-state index in [0.29, 0.717) is 18.9 Å². The van der Waals surface area contributed by atoms with Crippen LogP contribution in [-0.2, 0) is 4.74 Å². The molecule has 116 valence electrons. The van der Waals surface area contributed by atoms with Gasteiger partial charge < -0.3 is 19.6 Å². The first-order valence-electron chi connectivity index (χ1n) is 7.70. The molecule has 3 atom stereocenters. The molecule has 5 heteroatoms. The van der Waals surface area contributed by atoms with Crippen LogP contribution in [0.4, 0.5) is 4.79 Å². The summed E-state index contributed by atoms with van der Waals surface area (Å²) in [5.74, 6) is 0.458. The molecule has 0 aromatic heterocycles. The summed E-state index contributed by atoms with van der Waals surface area (Å²) < 4.78 is 5.48. The number of β-amino-alcohol motifs (C(OH)–C–C–N with tert-alkyl or cyclic N) is 1. The van der Waals surface area contributed by atoms with Gasteiger partial charge in [-0.25, -0.2) is 4.79 Å². The number of nitrogens with zero attached hydrogens (tertiary/aromatic N) is 2. The molecule has 2 fully saturated rings. The van der Waals surface area contributed by atoms with Crippen LogP contribution >= 0.6 is 0 Å². The van der Waals surface area contributed by atoms with Crippen LogP contribution in [-0.4, -0.2) is 64.9 Å². The largest absolute Gasteiger partial charge is 0.444 e. The second-order valence-electron chi connectivity index (χ2n) is 7.03. The van der Waals surface area contributed by atoms with Crippen molar-refractivity contribution >= 4 is 6.09 Å². The van der Waals surface area contributed by atoms with E-state index in [1.807, 2.05) is 20.8 Å². The highest BCUT2D eigenvalue weighted by atomic mass is 16.6. The predicted octanol–water partition coefficient (Wildman–Crippen LogP) is 1.70. The third-order valence-corrected chi connectivity index (χ3v) is 4.25. The Labute approximate surface area is 121 Å². The van der Waals surface area contributed by atoms with E-state index in [2.05, 4.69) is 11.8 Å². The number of aliphatic hydroxyl groups excluding tert-OH is 1. The van der Waals surface area contributed by atoms with E-state index >= 15 is 0 Å². The molecule has 20 heavy (non-hydrogen) atoms. The van der Waals surface area contributed by atoms with E-state index in [0.717, 1.165) is 26.1 Å². The summed E-state index contributed by atoms with van der Waals surface area (Å²) in [6.07, 6.45) is 1.09. The number of hydrogen-bond acceptors (Lipinski definition) is 4. The first-order valence-corrected chi connectivity index (χ1v) is 7.70. The highest BCUT2D eigenvalue weighted by molar-refractivity contribution is 5.69. The molecule has 0 aromatic rings. The van der Waals surface area contributed by atoms with Gasteiger partial charge in [0.2, 0.25) is 0 Å². The lowest BCUT2D eigenvalue weighted by atomic mass is 9.96. The summed E-state index contributed by atoms with van der Waals surface area (Å²) in [4.78, 5) is 16.5. The van der Waals surface area contributed by atoms with E-state index in [1.54, 1.807) is 4.90 Å². The zero-order chi connectivity index (χ0) is 14.9. The van der Waals surface area contributed by atoms with Crippen molar-refractivity contribution in [3.8, 4) is 0 Å². The van der Waals surface area contributed by atoms with Crippen molar-refractivity contribution in [2.45, 2.75) is 58.3 Å². The van der Waals surface area contributed by atoms with Crippen molar-refractivity contribution in [2.75, 3.05) is 26.2 Å². The molecular formula is C15H28N2O3. The molecule has 1 N–H and O–H groups in total. The van der Waals surface area contributed by atoms with E-state index in [9.17, 15) is 9.90 Å². The fourth-order valence-electron chi connectivity index (χ4n) is 3.28. The third-order valence-electron chi connectivity index (χ3n) is 4.25. The van der Waals surface area contributed by atoms with Crippen LogP contribution in [0.2, 0.25) is 0 Å². The standard InChI is InChI=1S/C15H28N2O3/c1-5-16-7-6-11(9-16)13-8-12(18)10-17(13)14(19)20-15(2,3)4/h11-13,18H,5-10H2,1-4H3/t11-,12+,13-/m0/s1. The summed E-state index contributed by atoms with van der Waals surface area (Å²) >= 11 is 0. The maximum Gasteiger partial charge on any atom is 0.410 e. The summed E-state index contributed by atoms with van der Waals surface area (Å²) in [7, 11) is 0. The Morgan fingerprint density at radius 3 is 2.60 bits per heavy atom. The number of amides is 1. The number of aliphatic hydroxyl groups is 1. The SMILES string of the molecule is CCN1CC[C@H]([C@@H]2C[C@@H](O)CN2C(=O)OC(C)(C)C)C1. The molecule has 1 amide bonds. The van der Waals surface area contributed by atoms with Crippen molar-refractivity contribution in [3.63, 3.8) is 0 Å². The number of rotatable bonds is 2. The average Bonchev–Trinajstić information content (AvgIpc) is 2.92. The predicted molar refractivity (Wildman–Crippen MR) is 77.6 cm³/mol. The molecule has 0 saturated carbocycles. The fraction of sp³-hybridized carbons (Fsp3) is 0.933. The number of carbonyl (C=O) groups is 1. The van der Waals surface area contributed by atoms with Crippen LogP contribution in [0.15, 0.2) is 0 Å². The third kappa shape index (κ3) is 3.64. The van der Waals surface area contributed by atoms with Gasteiger partial charge in [-0.15, -0.1) is 0 Å². The van der Waals surface area contributed by atoms with Crippen LogP contribution in [0.5, 0.6) is 0 Å². The average molecular weight is 284 g/mol. The topological polar surface area (TPSA) is 53.0 Å². The zero-order valence-corrected chi connectivity index (χ0v) is 13.1. The fourth-order valence-corrected chi connectivity index (χ4v) is 3.28. The Hall–Kier alpha value is -0.810. The highest BCUT2D eigenvalue weighted by Crippen LogP contribution is 2.31. The molecule has 0 aromatic carbocycles. The lowest BCUT2D eigenvalue weighted by Crippen LogP contribution is -2.43. The summed E-state index contributed by atoms with van der Waals surface area (Å²) in [6, 6.07) is 0.122. The lowest BCUT2D eigenvalue weighted by molar-refractivity contribution is 0.0166. The van der Waals surface area contributed by atoms with Crippen LogP contribution in [0.3, 0.4) is 0 Å². The normalized spacial score (nSPS) is 31.9. The summed E-state index contributed by atoms with van der Waals surface area (Å²) in [5.41, 5.74) is -0.486. The van der Waals surface area contributed by atoms with E-state index in [1.165, 1.54) is 0 Å². The number of ether oxygens (including phenoxy) is 1. The zero-order valence-electron chi connectivity index (χ0n) is 13.1. The second kappa shape index (κ2) is 5.90. The molecule has 2 aliphatic rings. The Kier molecular flexibility index (Phi) is 4.59. The van der Waals surface area contributed by atoms with Gasteiger partial charge in [-0.05, 0) is 52.6 Å². The van der Waals surface area contributed by atoms with Crippen molar-refractivity contribution < 1.29 is 14.6 Å². The van der Waals surface area contributed by atoms with Gasteiger partial charge in [-0.3, -0.25) is 0 Å². The summed E-state index contributed by atoms with van der Waals surface area (Å²) in [6.45, 7) is 11.4. The van der Waals surface area contributed by atoms with E-state index in [4.69, 9.17) is 4.74 Å². The molecule has 2 saturated heterocycles. The molecule has 0 aliphatic carbocycles. The van der Waals surface area contributed by atoms with Gasteiger partial charge in [0, 0.05) is 12.6 Å². The minimum Gasteiger partial charge on any atom is -0.444 e. The number of carbonyl (C=O) groups excluding carboxylic acids is 1. The van der Waals surface area contributed by atoms with Crippen LogP contribution < -0.4 is 0 Å². The van der Waals surface area contributed by atoms with Gasteiger partial charge in [0.15, 0.2) is 0 Å². The molecule has 2 heterocycles. The molecule has 2 aliphatic heterocycles. The molecule has 5 nitrogen and oxygen atoms in total. The van der Waals surface area contributed by atoms with E-state index in [-0.39, 0.29) is 12.1 Å². The van der Waals surface area contributed by atoms with Gasteiger partial charge in [-0.1, -0.05) is 6.92 Å². The molecule has 2 rings (SSSR count). The van der Waals surface area contributed by atoms with Crippen LogP contribution in [0.25, 0.3) is 0 Å². The van der Waals surface area contributed by atoms with Gasteiger partial charge in [0.25, 0.3) is 0 Å². The molecular weight excluding hydrogens is 256 g/mol. The minimum absolute atomic E-state index is 0.122. The van der Waals surface area contributed by atoms with Gasteiger partial charge in [0.1, 0.15) is 5.60 Å². The van der Waals surface area contributed by atoms with Crippen molar-refractivity contribution in [1.29, 1.82) is 0 Å². The van der Waals surface area contributed by atoms with Crippen molar-refractivity contribution in [3.05, 3.63) is 0 Å². The Balaban J connectivity index is 2.01. The second-order valence-corrected chi connectivity index (χ2v) is 7.03. The minimum atomic E-state index is -0.486. The van der Waals surface area contributed by atoms with Crippen molar-refractivity contribution in [1.82, 2.24) is 9.80 Å². The van der Waals surface area contributed by atoms with Gasteiger partial charge in [0.05, 0.1) is 12.6 Å². The first-order chi connectivity index (χ1) is 9.30. The van der Waals surface area contributed by atoms with Gasteiger partial charge in [-0.2, -0.15) is 0 Å². The number of likely N-dealkylation sites (tertiary alicyclic amines) is 2. The Bertz CT molecular complexity index is 354. The van der Waals surface area contributed by atoms with Crippen molar-refractivity contribution in [2.24, 2.45) is 5.92 Å². The molecule has 0 bridgehead atoms. The molecule has 0 unspecified atom stereocenters. The molecule has 0 radical (unpaired) electrons. The maximum absolute atomic E-state index is 12.3.